The fraction of sp³-hybridized carbons (Fsp3) is 0.0154. The van der Waals surface area contributed by atoms with Gasteiger partial charge in [0.15, 0.2) is 0 Å². The fourth-order valence-electron chi connectivity index (χ4n) is 11.0. The zero-order chi connectivity index (χ0) is 44.3. The summed E-state index contributed by atoms with van der Waals surface area (Å²) in [6.45, 7) is 0. The van der Waals surface area contributed by atoms with Crippen molar-refractivity contribution in [2.45, 2.75) is 5.41 Å². The van der Waals surface area contributed by atoms with Crippen molar-refractivity contribution in [3.8, 4) is 44.5 Å². The molecule has 1 aliphatic rings. The van der Waals surface area contributed by atoms with Crippen LogP contribution in [0.15, 0.2) is 265 Å². The van der Waals surface area contributed by atoms with E-state index in [0.717, 1.165) is 66.8 Å². The largest absolute Gasteiger partial charge is 0.455 e. The third kappa shape index (κ3) is 6.18. The predicted octanol–water partition coefficient (Wildman–Crippen LogP) is 17.6. The predicted molar refractivity (Wildman–Crippen MR) is 280 cm³/mol. The van der Waals surface area contributed by atoms with Crippen molar-refractivity contribution < 1.29 is 4.42 Å². The number of fused-ring (bicyclic) bond motifs is 7. The van der Waals surface area contributed by atoms with Crippen LogP contribution in [0.5, 0.6) is 0 Å². The van der Waals surface area contributed by atoms with Crippen LogP contribution in [-0.4, -0.2) is 0 Å². The molecule has 0 saturated heterocycles. The molecule has 0 aliphatic heterocycles. The first-order chi connectivity index (χ1) is 33.2. The molecule has 0 radical (unpaired) electrons. The molecule has 0 amide bonds. The second-order valence-corrected chi connectivity index (χ2v) is 17.5. The lowest BCUT2D eigenvalue weighted by Gasteiger charge is -2.35. The van der Waals surface area contributed by atoms with Crippen molar-refractivity contribution in [3.63, 3.8) is 0 Å². The Morgan fingerprint density at radius 3 is 1.64 bits per heavy atom. The molecule has 67 heavy (non-hydrogen) atoms. The third-order valence-corrected chi connectivity index (χ3v) is 14.0. The van der Waals surface area contributed by atoms with Crippen LogP contribution in [0, 0.1) is 0 Å². The number of nitrogens with zero attached hydrogens (tertiary/aromatic N) is 1. The summed E-state index contributed by atoms with van der Waals surface area (Å²) in [4.78, 5) is 2.48. The standard InChI is InChI=1S/C65H43NO/c1-4-18-45(19-5-1)54-40-36-47(53-29-16-21-44-20-10-11-26-52(44)53)42-62(54)66(50-37-34-46(35-38-50)55-30-17-31-59-58-28-13-15-33-63(58)67-64(55)59)51-39-41-57-56-27-12-14-32-60(56)65(61(57)43-51,48-22-6-2-7-23-48)49-24-8-3-9-25-49/h1-43H. The molecule has 0 atom stereocenters. The number of hydrogen-bond donors (Lipinski definition) is 0. The Morgan fingerprint density at radius 1 is 0.313 bits per heavy atom. The van der Waals surface area contributed by atoms with E-state index < -0.39 is 5.41 Å². The second-order valence-electron chi connectivity index (χ2n) is 17.5. The molecule has 1 heterocycles. The third-order valence-electron chi connectivity index (χ3n) is 14.0. The number of rotatable bonds is 8. The summed E-state index contributed by atoms with van der Waals surface area (Å²) >= 11 is 0. The van der Waals surface area contributed by atoms with Crippen LogP contribution in [-0.2, 0) is 5.41 Å². The van der Waals surface area contributed by atoms with Crippen LogP contribution in [0.2, 0.25) is 0 Å². The lowest BCUT2D eigenvalue weighted by molar-refractivity contribution is 0.670. The topological polar surface area (TPSA) is 16.4 Å². The van der Waals surface area contributed by atoms with E-state index in [0.29, 0.717) is 0 Å². The monoisotopic (exact) mass is 853 g/mol. The van der Waals surface area contributed by atoms with Gasteiger partial charge in [0.25, 0.3) is 0 Å². The SMILES string of the molecule is c1ccc(-c2ccc(-c3cccc4ccccc34)cc2N(c2ccc(-c3cccc4c3oc3ccccc34)cc2)c2ccc3c(c2)C(c2ccccc2)(c2ccccc2)c2ccccc2-3)cc1. The Hall–Kier alpha value is -8.72. The van der Waals surface area contributed by atoms with Crippen LogP contribution in [0.25, 0.3) is 77.2 Å². The first-order valence-electron chi connectivity index (χ1n) is 23.1. The summed E-state index contributed by atoms with van der Waals surface area (Å²) in [7, 11) is 0. The quantitative estimate of drug-likeness (QED) is 0.151. The first kappa shape index (κ1) is 38.7. The van der Waals surface area contributed by atoms with E-state index in [4.69, 9.17) is 4.42 Å². The number of hydrogen-bond acceptors (Lipinski definition) is 2. The highest BCUT2D eigenvalue weighted by atomic mass is 16.3. The van der Waals surface area contributed by atoms with Crippen molar-refractivity contribution >= 4 is 49.8 Å². The number of benzene rings is 11. The number of anilines is 3. The molecule has 11 aromatic carbocycles. The van der Waals surface area contributed by atoms with E-state index in [-0.39, 0.29) is 0 Å². The maximum absolute atomic E-state index is 6.56. The van der Waals surface area contributed by atoms with Crippen molar-refractivity contribution in [1.29, 1.82) is 0 Å². The second kappa shape index (κ2) is 15.8. The summed E-state index contributed by atoms with van der Waals surface area (Å²) in [6.07, 6.45) is 0. The highest BCUT2D eigenvalue weighted by Gasteiger charge is 2.46. The van der Waals surface area contributed by atoms with E-state index in [9.17, 15) is 0 Å². The molecule has 314 valence electrons. The van der Waals surface area contributed by atoms with E-state index in [2.05, 4.69) is 260 Å². The highest BCUT2D eigenvalue weighted by Crippen LogP contribution is 2.57. The van der Waals surface area contributed by atoms with Crippen molar-refractivity contribution in [3.05, 3.63) is 283 Å². The van der Waals surface area contributed by atoms with Gasteiger partial charge in [-0.05, 0) is 103 Å². The minimum atomic E-state index is -0.557. The zero-order valence-corrected chi connectivity index (χ0v) is 36.7. The molecule has 2 nitrogen and oxygen atoms in total. The van der Waals surface area contributed by atoms with Gasteiger partial charge in [0.1, 0.15) is 11.2 Å². The maximum Gasteiger partial charge on any atom is 0.143 e. The average Bonchev–Trinajstić information content (AvgIpc) is 3.93. The molecular weight excluding hydrogens is 811 g/mol. The Balaban J connectivity index is 1.08. The van der Waals surface area contributed by atoms with Crippen LogP contribution >= 0.6 is 0 Å². The first-order valence-corrected chi connectivity index (χ1v) is 23.1. The molecule has 0 saturated carbocycles. The maximum atomic E-state index is 6.56. The molecule has 13 rings (SSSR count). The van der Waals surface area contributed by atoms with Gasteiger partial charge < -0.3 is 9.32 Å². The van der Waals surface area contributed by atoms with Gasteiger partial charge in [-0.3, -0.25) is 0 Å². The van der Waals surface area contributed by atoms with E-state index in [1.807, 2.05) is 6.07 Å². The number of para-hydroxylation sites is 2. The minimum absolute atomic E-state index is 0.557. The van der Waals surface area contributed by atoms with E-state index in [1.54, 1.807) is 0 Å². The van der Waals surface area contributed by atoms with Gasteiger partial charge in [0.05, 0.1) is 11.1 Å². The number of furan rings is 1. The van der Waals surface area contributed by atoms with E-state index in [1.165, 1.54) is 49.7 Å². The summed E-state index contributed by atoms with van der Waals surface area (Å²) in [5, 5.41) is 4.69. The van der Waals surface area contributed by atoms with Gasteiger partial charge in [-0.1, -0.05) is 224 Å². The molecule has 1 aliphatic carbocycles. The van der Waals surface area contributed by atoms with Crippen molar-refractivity contribution in [1.82, 2.24) is 0 Å². The fourth-order valence-corrected chi connectivity index (χ4v) is 11.0. The Bertz CT molecular complexity index is 3750. The molecular formula is C65H43NO. The average molecular weight is 854 g/mol. The molecule has 0 N–H and O–H groups in total. The van der Waals surface area contributed by atoms with Crippen LogP contribution in [0.3, 0.4) is 0 Å². The van der Waals surface area contributed by atoms with Gasteiger partial charge in [-0.15, -0.1) is 0 Å². The van der Waals surface area contributed by atoms with Gasteiger partial charge in [-0.25, -0.2) is 0 Å². The van der Waals surface area contributed by atoms with Crippen LogP contribution < -0.4 is 4.90 Å². The summed E-state index contributed by atoms with van der Waals surface area (Å²) < 4.78 is 6.56. The summed E-state index contributed by atoms with van der Waals surface area (Å²) in [5.74, 6) is 0. The van der Waals surface area contributed by atoms with Gasteiger partial charge in [0, 0.05) is 33.3 Å². The lowest BCUT2D eigenvalue weighted by Crippen LogP contribution is -2.28. The smallest absolute Gasteiger partial charge is 0.143 e. The molecule has 0 spiro atoms. The zero-order valence-electron chi connectivity index (χ0n) is 36.7. The van der Waals surface area contributed by atoms with Crippen LogP contribution in [0.1, 0.15) is 22.3 Å². The molecule has 12 aromatic rings. The van der Waals surface area contributed by atoms with E-state index >= 15 is 0 Å². The summed E-state index contributed by atoms with van der Waals surface area (Å²) in [5.41, 5.74) is 18.8. The molecule has 1 aromatic heterocycles. The Kier molecular flexibility index (Phi) is 9.11. The van der Waals surface area contributed by atoms with Crippen molar-refractivity contribution in [2.24, 2.45) is 0 Å². The molecule has 0 fully saturated rings. The van der Waals surface area contributed by atoms with Crippen molar-refractivity contribution in [2.75, 3.05) is 4.90 Å². The molecule has 0 unspecified atom stereocenters. The lowest BCUT2D eigenvalue weighted by atomic mass is 9.67. The minimum Gasteiger partial charge on any atom is -0.455 e. The Morgan fingerprint density at radius 2 is 0.851 bits per heavy atom. The highest BCUT2D eigenvalue weighted by molar-refractivity contribution is 6.09. The van der Waals surface area contributed by atoms with Gasteiger partial charge in [-0.2, -0.15) is 0 Å². The summed E-state index contributed by atoms with van der Waals surface area (Å²) in [6, 6.07) is 95.2. The Labute approximate surface area is 390 Å². The van der Waals surface area contributed by atoms with Gasteiger partial charge in [0.2, 0.25) is 0 Å². The molecule has 0 bridgehead atoms. The van der Waals surface area contributed by atoms with Gasteiger partial charge >= 0.3 is 0 Å². The molecule has 2 heteroatoms. The normalized spacial score (nSPS) is 12.6. The van der Waals surface area contributed by atoms with Crippen LogP contribution in [0.4, 0.5) is 17.1 Å².